The van der Waals surface area contributed by atoms with E-state index in [1.54, 1.807) is 0 Å². The van der Waals surface area contributed by atoms with Gasteiger partial charge in [-0.05, 0) is 81.9 Å². The molecule has 0 spiro atoms. The molecule has 294 valence electrons. The van der Waals surface area contributed by atoms with Crippen LogP contribution in [0.25, 0.3) is 120 Å². The average molecular weight is 822 g/mol. The van der Waals surface area contributed by atoms with Crippen molar-refractivity contribution in [1.82, 2.24) is 24.1 Å². The normalized spacial score (nSPS) is 11.8. The largest absolute Gasteiger partial charge is 0.278 e. The SMILES string of the molecule is c1ccc(-c2ccc3c4ccccc4n(-c4nc(-c5cccc(-c6ccc7sc8ccccc8c7c6)c5)nc(-n5c6ccccc6c6ccc(-c7ccccc7)cc65)n4)c3c2)cc1. The van der Waals surface area contributed by atoms with Crippen LogP contribution in [-0.4, -0.2) is 24.1 Å². The van der Waals surface area contributed by atoms with Crippen LogP contribution in [0.1, 0.15) is 0 Å². The Bertz CT molecular complexity index is 3740. The first-order valence-corrected chi connectivity index (χ1v) is 22.0. The summed E-state index contributed by atoms with van der Waals surface area (Å²) in [4.78, 5) is 16.4. The molecular weight excluding hydrogens is 787 g/mol. The lowest BCUT2D eigenvalue weighted by Crippen LogP contribution is -2.10. The highest BCUT2D eigenvalue weighted by Gasteiger charge is 2.22. The van der Waals surface area contributed by atoms with Gasteiger partial charge in [0.2, 0.25) is 11.9 Å². The molecule has 0 atom stereocenters. The third kappa shape index (κ3) is 5.80. The van der Waals surface area contributed by atoms with Crippen molar-refractivity contribution in [3.63, 3.8) is 0 Å². The molecule has 13 aromatic rings. The van der Waals surface area contributed by atoms with Gasteiger partial charge in [-0.1, -0.05) is 164 Å². The minimum Gasteiger partial charge on any atom is -0.278 e. The van der Waals surface area contributed by atoms with Gasteiger partial charge in [0, 0.05) is 47.3 Å². The summed E-state index contributed by atoms with van der Waals surface area (Å²) in [6, 6.07) is 75.7. The van der Waals surface area contributed by atoms with Crippen molar-refractivity contribution in [3.8, 4) is 56.7 Å². The number of benzene rings is 9. The summed E-state index contributed by atoms with van der Waals surface area (Å²) in [5, 5.41) is 7.10. The van der Waals surface area contributed by atoms with Crippen LogP contribution in [0, 0.1) is 0 Å². The maximum absolute atomic E-state index is 5.49. The van der Waals surface area contributed by atoms with Gasteiger partial charge in [0.25, 0.3) is 0 Å². The van der Waals surface area contributed by atoms with Gasteiger partial charge in [-0.3, -0.25) is 9.13 Å². The Balaban J connectivity index is 1.08. The third-order valence-electron chi connectivity index (χ3n) is 12.4. The zero-order valence-electron chi connectivity index (χ0n) is 33.9. The molecule has 0 unspecified atom stereocenters. The Kier molecular flexibility index (Phi) is 8.01. The number of hydrogen-bond donors (Lipinski definition) is 0. The quantitative estimate of drug-likeness (QED) is 0.168. The van der Waals surface area contributed by atoms with Crippen molar-refractivity contribution < 1.29 is 0 Å². The second-order valence-electron chi connectivity index (χ2n) is 16.1. The summed E-state index contributed by atoms with van der Waals surface area (Å²) in [7, 11) is 0. The van der Waals surface area contributed by atoms with E-state index in [1.807, 2.05) is 11.3 Å². The first-order valence-electron chi connectivity index (χ1n) is 21.2. The van der Waals surface area contributed by atoms with Crippen LogP contribution >= 0.6 is 11.3 Å². The van der Waals surface area contributed by atoms with Crippen molar-refractivity contribution >= 4 is 75.1 Å². The van der Waals surface area contributed by atoms with E-state index in [9.17, 15) is 0 Å². The molecule has 0 N–H and O–H groups in total. The number of rotatable bonds is 6. The van der Waals surface area contributed by atoms with E-state index in [1.165, 1.54) is 20.2 Å². The molecule has 0 fully saturated rings. The van der Waals surface area contributed by atoms with Crippen LogP contribution in [0.4, 0.5) is 0 Å². The van der Waals surface area contributed by atoms with E-state index in [4.69, 9.17) is 15.0 Å². The van der Waals surface area contributed by atoms with Crippen molar-refractivity contribution in [1.29, 1.82) is 0 Å². The maximum atomic E-state index is 5.49. The lowest BCUT2D eigenvalue weighted by Gasteiger charge is -2.14. The van der Waals surface area contributed by atoms with E-state index in [0.29, 0.717) is 17.7 Å². The van der Waals surface area contributed by atoms with Crippen LogP contribution in [0.3, 0.4) is 0 Å². The molecule has 0 radical (unpaired) electrons. The molecule has 0 amide bonds. The van der Waals surface area contributed by atoms with Gasteiger partial charge in [0.1, 0.15) is 0 Å². The molecule has 0 aliphatic heterocycles. The smallest absolute Gasteiger partial charge is 0.240 e. The third-order valence-corrected chi connectivity index (χ3v) is 13.6. The summed E-state index contributed by atoms with van der Waals surface area (Å²) >= 11 is 1.84. The topological polar surface area (TPSA) is 48.5 Å². The molecule has 6 heteroatoms. The highest BCUT2D eigenvalue weighted by molar-refractivity contribution is 7.25. The van der Waals surface area contributed by atoms with Gasteiger partial charge >= 0.3 is 0 Å². The molecule has 13 rings (SSSR count). The summed E-state index contributed by atoms with van der Waals surface area (Å²) in [5.74, 6) is 1.69. The van der Waals surface area contributed by atoms with E-state index in [0.717, 1.165) is 82.6 Å². The van der Waals surface area contributed by atoms with Crippen LogP contribution in [-0.2, 0) is 0 Å². The van der Waals surface area contributed by atoms with E-state index in [2.05, 4.69) is 221 Å². The van der Waals surface area contributed by atoms with Gasteiger partial charge in [-0.15, -0.1) is 11.3 Å². The standard InChI is InChI=1S/C57H35N5S/c1-3-14-36(15-4-1)40-26-29-45-43-20-7-10-23-49(43)61(51(45)34-40)56-58-55(42-19-13-18-38(32-42)39-28-31-54-48(33-39)47-22-9-12-25-53(47)63-54)59-57(60-56)62-50-24-11-8-21-44(50)46-30-27-41(35-52(46)62)37-16-5-2-6-17-37/h1-35H. The van der Waals surface area contributed by atoms with Crippen LogP contribution in [0.15, 0.2) is 212 Å². The first kappa shape index (κ1) is 35.6. The number of hydrogen-bond acceptors (Lipinski definition) is 4. The van der Waals surface area contributed by atoms with E-state index in [-0.39, 0.29) is 0 Å². The summed E-state index contributed by atoms with van der Waals surface area (Å²) in [6.45, 7) is 0. The zero-order chi connectivity index (χ0) is 41.4. The fraction of sp³-hybridized carbons (Fsp3) is 0. The number of fused-ring (bicyclic) bond motifs is 9. The number of aromatic nitrogens is 5. The number of thiophene rings is 1. The molecule has 5 nitrogen and oxygen atoms in total. The molecule has 0 aliphatic rings. The van der Waals surface area contributed by atoms with Crippen LogP contribution < -0.4 is 0 Å². The Morgan fingerprint density at radius 2 is 0.714 bits per heavy atom. The summed E-state index contributed by atoms with van der Waals surface area (Å²) in [5.41, 5.74) is 11.8. The number of nitrogens with zero attached hydrogens (tertiary/aromatic N) is 5. The predicted octanol–water partition coefficient (Wildman–Crippen LogP) is 15.1. The predicted molar refractivity (Wildman–Crippen MR) is 263 cm³/mol. The Morgan fingerprint density at radius 3 is 1.33 bits per heavy atom. The van der Waals surface area contributed by atoms with Crippen molar-refractivity contribution in [3.05, 3.63) is 212 Å². The lowest BCUT2D eigenvalue weighted by atomic mass is 10.0. The fourth-order valence-electron chi connectivity index (χ4n) is 9.42. The zero-order valence-corrected chi connectivity index (χ0v) is 34.7. The van der Waals surface area contributed by atoms with Crippen molar-refractivity contribution in [2.24, 2.45) is 0 Å². The molecule has 0 saturated heterocycles. The number of para-hydroxylation sites is 2. The molecule has 0 bridgehead atoms. The highest BCUT2D eigenvalue weighted by atomic mass is 32.1. The molecule has 4 aromatic heterocycles. The first-order chi connectivity index (χ1) is 31.2. The van der Waals surface area contributed by atoms with Crippen molar-refractivity contribution in [2.45, 2.75) is 0 Å². The van der Waals surface area contributed by atoms with E-state index >= 15 is 0 Å². The lowest BCUT2D eigenvalue weighted by molar-refractivity contribution is 0.893. The van der Waals surface area contributed by atoms with Gasteiger partial charge in [-0.2, -0.15) is 15.0 Å². The molecule has 63 heavy (non-hydrogen) atoms. The Morgan fingerprint density at radius 1 is 0.270 bits per heavy atom. The van der Waals surface area contributed by atoms with Gasteiger partial charge in [-0.25, -0.2) is 0 Å². The maximum Gasteiger partial charge on any atom is 0.240 e. The highest BCUT2D eigenvalue weighted by Crippen LogP contribution is 2.39. The molecule has 9 aromatic carbocycles. The minimum absolute atomic E-state index is 0.549. The van der Waals surface area contributed by atoms with Gasteiger partial charge in [0.05, 0.1) is 22.1 Å². The second-order valence-corrected chi connectivity index (χ2v) is 17.1. The molecular formula is C57H35N5S. The summed E-state index contributed by atoms with van der Waals surface area (Å²) in [6.07, 6.45) is 0. The minimum atomic E-state index is 0.549. The van der Waals surface area contributed by atoms with Crippen LogP contribution in [0.5, 0.6) is 0 Å². The average Bonchev–Trinajstić information content (AvgIpc) is 4.01. The van der Waals surface area contributed by atoms with Crippen molar-refractivity contribution in [2.75, 3.05) is 0 Å². The second kappa shape index (κ2) is 14.2. The summed E-state index contributed by atoms with van der Waals surface area (Å²) < 4.78 is 7.01. The van der Waals surface area contributed by atoms with E-state index < -0.39 is 0 Å². The van der Waals surface area contributed by atoms with Crippen LogP contribution in [0.2, 0.25) is 0 Å². The fourth-order valence-corrected chi connectivity index (χ4v) is 10.5. The molecule has 4 heterocycles. The monoisotopic (exact) mass is 821 g/mol. The Labute approximate surface area is 366 Å². The van der Waals surface area contributed by atoms with Gasteiger partial charge in [0.15, 0.2) is 5.82 Å². The molecule has 0 saturated carbocycles. The Hall–Kier alpha value is -8.19. The van der Waals surface area contributed by atoms with Gasteiger partial charge < -0.3 is 0 Å². The molecule has 0 aliphatic carbocycles.